The Balaban J connectivity index is 2.47. The van der Waals surface area contributed by atoms with Crippen LogP contribution in [0, 0.1) is 6.92 Å². The maximum atomic E-state index is 11.4. The smallest absolute Gasteiger partial charge is 0.163 e. The number of Topliss-reactive ketones (excluding diaryl/α,β-unsaturated/α-hetero) is 1. The highest BCUT2D eigenvalue weighted by Crippen LogP contribution is 2.27. The third kappa shape index (κ3) is 2.43. The number of carbonyl (C=O) groups excluding carboxylic acids is 1. The van der Waals surface area contributed by atoms with Gasteiger partial charge in [0.2, 0.25) is 0 Å². The second-order valence-electron chi connectivity index (χ2n) is 4.34. The van der Waals surface area contributed by atoms with Crippen LogP contribution in [0.3, 0.4) is 0 Å². The number of aryl methyl sites for hydroxylation is 1. The number of ketones is 1. The van der Waals surface area contributed by atoms with Crippen molar-refractivity contribution in [2.24, 2.45) is 0 Å². The molecule has 2 aromatic rings. The Labute approximate surface area is 107 Å². The van der Waals surface area contributed by atoms with E-state index in [9.17, 15) is 4.79 Å². The summed E-state index contributed by atoms with van der Waals surface area (Å²) < 4.78 is 5.27. The van der Waals surface area contributed by atoms with Crippen molar-refractivity contribution in [3.63, 3.8) is 0 Å². The van der Waals surface area contributed by atoms with E-state index in [2.05, 4.69) is 31.2 Å². The molecule has 0 radical (unpaired) electrons. The minimum atomic E-state index is 0.0160. The molecule has 0 heterocycles. The van der Waals surface area contributed by atoms with E-state index in [-0.39, 0.29) is 5.78 Å². The van der Waals surface area contributed by atoms with Gasteiger partial charge in [0.1, 0.15) is 5.75 Å². The summed E-state index contributed by atoms with van der Waals surface area (Å²) in [4.78, 5) is 11.4. The summed E-state index contributed by atoms with van der Waals surface area (Å²) in [5.41, 5.74) is 4.02. The minimum absolute atomic E-state index is 0.0160. The second-order valence-corrected chi connectivity index (χ2v) is 4.34. The molecule has 0 N–H and O–H groups in total. The number of carbonyl (C=O) groups is 1. The zero-order valence-corrected chi connectivity index (χ0v) is 10.9. The number of rotatable bonds is 3. The van der Waals surface area contributed by atoms with Gasteiger partial charge >= 0.3 is 0 Å². The largest absolute Gasteiger partial charge is 0.496 e. The third-order valence-corrected chi connectivity index (χ3v) is 2.97. The molecule has 0 saturated carbocycles. The van der Waals surface area contributed by atoms with E-state index >= 15 is 0 Å². The molecule has 0 amide bonds. The number of benzene rings is 2. The van der Waals surface area contributed by atoms with Crippen LogP contribution in [-0.4, -0.2) is 12.9 Å². The first-order chi connectivity index (χ1) is 8.61. The maximum Gasteiger partial charge on any atom is 0.163 e. The van der Waals surface area contributed by atoms with Gasteiger partial charge in [-0.2, -0.15) is 0 Å². The molecule has 0 aromatic heterocycles. The van der Waals surface area contributed by atoms with E-state index in [4.69, 9.17) is 4.74 Å². The van der Waals surface area contributed by atoms with Crippen molar-refractivity contribution in [2.45, 2.75) is 13.8 Å². The molecule has 0 spiro atoms. The molecule has 0 unspecified atom stereocenters. The molecule has 92 valence electrons. The molecule has 0 aliphatic heterocycles. The first-order valence-corrected chi connectivity index (χ1v) is 5.88. The van der Waals surface area contributed by atoms with Crippen molar-refractivity contribution in [3.8, 4) is 16.9 Å². The monoisotopic (exact) mass is 240 g/mol. The fourth-order valence-corrected chi connectivity index (χ4v) is 1.91. The van der Waals surface area contributed by atoms with Crippen molar-refractivity contribution in [3.05, 3.63) is 53.6 Å². The van der Waals surface area contributed by atoms with E-state index < -0.39 is 0 Å². The Bertz CT molecular complexity index is 568. The van der Waals surface area contributed by atoms with Gasteiger partial charge in [-0.25, -0.2) is 0 Å². The Morgan fingerprint density at radius 3 is 2.17 bits per heavy atom. The molecule has 2 nitrogen and oxygen atoms in total. The van der Waals surface area contributed by atoms with Crippen LogP contribution in [0.2, 0.25) is 0 Å². The molecular weight excluding hydrogens is 224 g/mol. The summed E-state index contributed by atoms with van der Waals surface area (Å²) in [5, 5.41) is 0. The van der Waals surface area contributed by atoms with Gasteiger partial charge < -0.3 is 4.74 Å². The van der Waals surface area contributed by atoms with E-state index in [1.807, 2.05) is 18.2 Å². The predicted octanol–water partition coefficient (Wildman–Crippen LogP) is 3.87. The van der Waals surface area contributed by atoms with Crippen LogP contribution in [-0.2, 0) is 0 Å². The van der Waals surface area contributed by atoms with Gasteiger partial charge in [-0.1, -0.05) is 35.9 Å². The summed E-state index contributed by atoms with van der Waals surface area (Å²) in [5.74, 6) is 0.642. The lowest BCUT2D eigenvalue weighted by molar-refractivity contribution is 0.101. The van der Waals surface area contributed by atoms with Gasteiger partial charge in [0.25, 0.3) is 0 Å². The summed E-state index contributed by atoms with van der Waals surface area (Å²) in [6.07, 6.45) is 0. The number of hydrogen-bond donors (Lipinski definition) is 0. The molecular formula is C16H16O2. The summed E-state index contributed by atoms with van der Waals surface area (Å²) in [7, 11) is 1.58. The molecule has 2 rings (SSSR count). The first-order valence-electron chi connectivity index (χ1n) is 5.88. The summed E-state index contributed by atoms with van der Waals surface area (Å²) in [6, 6.07) is 13.9. The van der Waals surface area contributed by atoms with Gasteiger partial charge in [-0.05, 0) is 37.1 Å². The number of methoxy groups -OCH3 is 1. The topological polar surface area (TPSA) is 26.3 Å². The molecule has 0 atom stereocenters. The van der Waals surface area contributed by atoms with Crippen molar-refractivity contribution < 1.29 is 9.53 Å². The third-order valence-electron chi connectivity index (χ3n) is 2.97. The zero-order chi connectivity index (χ0) is 13.1. The Hall–Kier alpha value is -2.09. The molecule has 2 heteroatoms. The van der Waals surface area contributed by atoms with Crippen LogP contribution < -0.4 is 4.74 Å². The lowest BCUT2D eigenvalue weighted by Crippen LogP contribution is -1.97. The standard InChI is InChI=1S/C16H16O2/c1-11-4-6-13(7-5-11)14-8-9-15(12(2)17)16(10-14)18-3/h4-10H,1-3H3. The van der Waals surface area contributed by atoms with Gasteiger partial charge in [-0.3, -0.25) is 4.79 Å². The van der Waals surface area contributed by atoms with Crippen LogP contribution in [0.15, 0.2) is 42.5 Å². The molecule has 0 aliphatic carbocycles. The molecule has 0 saturated heterocycles. The van der Waals surface area contributed by atoms with Crippen LogP contribution in [0.5, 0.6) is 5.75 Å². The minimum Gasteiger partial charge on any atom is -0.496 e. The fourth-order valence-electron chi connectivity index (χ4n) is 1.91. The highest BCUT2D eigenvalue weighted by Gasteiger charge is 2.09. The normalized spacial score (nSPS) is 10.2. The van der Waals surface area contributed by atoms with Crippen LogP contribution in [0.4, 0.5) is 0 Å². The summed E-state index contributed by atoms with van der Waals surface area (Å²) >= 11 is 0. The highest BCUT2D eigenvalue weighted by molar-refractivity contribution is 5.97. The van der Waals surface area contributed by atoms with E-state index in [1.54, 1.807) is 14.0 Å². The molecule has 0 bridgehead atoms. The van der Waals surface area contributed by atoms with E-state index in [0.717, 1.165) is 11.1 Å². The quantitative estimate of drug-likeness (QED) is 0.761. The number of hydrogen-bond acceptors (Lipinski definition) is 2. The lowest BCUT2D eigenvalue weighted by atomic mass is 10.0. The van der Waals surface area contributed by atoms with Crippen molar-refractivity contribution in [2.75, 3.05) is 7.11 Å². The number of ether oxygens (including phenoxy) is 1. The van der Waals surface area contributed by atoms with Crippen molar-refractivity contribution >= 4 is 5.78 Å². The summed E-state index contributed by atoms with van der Waals surface area (Å²) in [6.45, 7) is 3.60. The fraction of sp³-hybridized carbons (Fsp3) is 0.188. The van der Waals surface area contributed by atoms with E-state index in [1.165, 1.54) is 5.56 Å². The molecule has 18 heavy (non-hydrogen) atoms. The predicted molar refractivity (Wildman–Crippen MR) is 73.2 cm³/mol. The maximum absolute atomic E-state index is 11.4. The average molecular weight is 240 g/mol. The van der Waals surface area contributed by atoms with Gasteiger partial charge in [-0.15, -0.1) is 0 Å². The molecule has 2 aromatic carbocycles. The van der Waals surface area contributed by atoms with Gasteiger partial charge in [0.05, 0.1) is 12.7 Å². The Kier molecular flexibility index (Phi) is 3.47. The Morgan fingerprint density at radius 2 is 1.61 bits per heavy atom. The second kappa shape index (κ2) is 5.05. The average Bonchev–Trinajstić information content (AvgIpc) is 2.38. The van der Waals surface area contributed by atoms with Crippen LogP contribution in [0.1, 0.15) is 22.8 Å². The van der Waals surface area contributed by atoms with Crippen molar-refractivity contribution in [1.29, 1.82) is 0 Å². The van der Waals surface area contributed by atoms with Gasteiger partial charge in [0, 0.05) is 0 Å². The van der Waals surface area contributed by atoms with Crippen LogP contribution in [0.25, 0.3) is 11.1 Å². The van der Waals surface area contributed by atoms with Crippen LogP contribution >= 0.6 is 0 Å². The highest BCUT2D eigenvalue weighted by atomic mass is 16.5. The molecule has 0 aliphatic rings. The van der Waals surface area contributed by atoms with Crippen molar-refractivity contribution in [1.82, 2.24) is 0 Å². The lowest BCUT2D eigenvalue weighted by Gasteiger charge is -2.09. The SMILES string of the molecule is COc1cc(-c2ccc(C)cc2)ccc1C(C)=O. The zero-order valence-electron chi connectivity index (χ0n) is 10.9. The first kappa shape index (κ1) is 12.4. The Morgan fingerprint density at radius 1 is 1.00 bits per heavy atom. The van der Waals surface area contributed by atoms with Gasteiger partial charge in [0.15, 0.2) is 5.78 Å². The van der Waals surface area contributed by atoms with E-state index in [0.29, 0.717) is 11.3 Å². The molecule has 0 fully saturated rings.